The lowest BCUT2D eigenvalue weighted by atomic mass is 9.47. The van der Waals surface area contributed by atoms with Gasteiger partial charge in [0.2, 0.25) is 0 Å². The number of carbonyl (C=O) groups is 2. The molecule has 208 valence electrons. The molecule has 9 atom stereocenters. The van der Waals surface area contributed by atoms with Gasteiger partial charge >= 0.3 is 11.9 Å². The Kier molecular flexibility index (Phi) is 8.65. The highest BCUT2D eigenvalue weighted by molar-refractivity contribution is 5.90. The van der Waals surface area contributed by atoms with Crippen LogP contribution in [-0.4, -0.2) is 23.1 Å². The number of rotatable bonds is 9. The zero-order valence-electron chi connectivity index (χ0n) is 24.3. The second kappa shape index (κ2) is 11.3. The highest BCUT2D eigenvalue weighted by Gasteiger charge is 2.59. The van der Waals surface area contributed by atoms with E-state index in [0.717, 1.165) is 72.8 Å². The van der Waals surface area contributed by atoms with E-state index >= 15 is 0 Å². The van der Waals surface area contributed by atoms with Crippen molar-refractivity contribution < 1.29 is 19.4 Å². The van der Waals surface area contributed by atoms with Gasteiger partial charge in [0.1, 0.15) is 6.10 Å². The first-order chi connectivity index (χ1) is 17.5. The van der Waals surface area contributed by atoms with E-state index in [-0.39, 0.29) is 11.5 Å². The summed E-state index contributed by atoms with van der Waals surface area (Å²) in [4.78, 5) is 22.8. The molecule has 0 bridgehead atoms. The molecule has 1 N–H and O–H groups in total. The van der Waals surface area contributed by atoms with Gasteiger partial charge in [0.15, 0.2) is 0 Å². The molecule has 4 aliphatic carbocycles. The zero-order valence-corrected chi connectivity index (χ0v) is 24.3. The number of carboxylic acids is 1. The Morgan fingerprint density at radius 2 is 1.81 bits per heavy atom. The lowest BCUT2D eigenvalue weighted by molar-refractivity contribution is -0.146. The second-order valence-corrected chi connectivity index (χ2v) is 13.9. The molecule has 37 heavy (non-hydrogen) atoms. The minimum absolute atomic E-state index is 0.134. The van der Waals surface area contributed by atoms with E-state index in [2.05, 4.69) is 47.6 Å². The SMILES string of the molecule is CC[C@H](CC[C@@H](C)[C@H]1CC[C@H]2[C@@H]3CC=C4C[C@@H](OC(=O)/C=C\C(=O)O)CC[C@]4(C)[C@H]3CC[C@]12C)C(C)C. The monoisotopic (exact) mass is 512 g/mol. The maximum Gasteiger partial charge on any atom is 0.331 e. The molecule has 0 aromatic heterocycles. The van der Waals surface area contributed by atoms with Gasteiger partial charge in [-0.1, -0.05) is 66.0 Å². The summed E-state index contributed by atoms with van der Waals surface area (Å²) in [7, 11) is 0. The fourth-order valence-corrected chi connectivity index (χ4v) is 9.73. The number of hydrogen-bond donors (Lipinski definition) is 1. The van der Waals surface area contributed by atoms with Crippen LogP contribution in [0.1, 0.15) is 112 Å². The number of hydrogen-bond acceptors (Lipinski definition) is 3. The molecule has 3 saturated carbocycles. The number of fused-ring (bicyclic) bond motifs is 5. The fourth-order valence-electron chi connectivity index (χ4n) is 9.73. The van der Waals surface area contributed by atoms with Gasteiger partial charge < -0.3 is 9.84 Å². The van der Waals surface area contributed by atoms with Gasteiger partial charge in [-0.3, -0.25) is 0 Å². The van der Waals surface area contributed by atoms with Crippen LogP contribution in [0.5, 0.6) is 0 Å². The molecule has 3 fully saturated rings. The van der Waals surface area contributed by atoms with Crippen molar-refractivity contribution in [2.75, 3.05) is 0 Å². The van der Waals surface area contributed by atoms with Gasteiger partial charge in [0, 0.05) is 18.6 Å². The molecule has 0 unspecified atom stereocenters. The smallest absolute Gasteiger partial charge is 0.331 e. The summed E-state index contributed by atoms with van der Waals surface area (Å²) < 4.78 is 5.63. The zero-order chi connectivity index (χ0) is 27.0. The average Bonchev–Trinajstić information content (AvgIpc) is 3.20. The molecular formula is C33H52O4. The summed E-state index contributed by atoms with van der Waals surface area (Å²) in [5.41, 5.74) is 2.20. The van der Waals surface area contributed by atoms with E-state index in [4.69, 9.17) is 9.84 Å². The average molecular weight is 513 g/mol. The third-order valence-electron chi connectivity index (χ3n) is 11.9. The van der Waals surface area contributed by atoms with Crippen molar-refractivity contribution in [2.45, 2.75) is 118 Å². The molecule has 0 aromatic rings. The molecular weight excluding hydrogens is 460 g/mol. The van der Waals surface area contributed by atoms with E-state index in [9.17, 15) is 9.59 Å². The van der Waals surface area contributed by atoms with E-state index < -0.39 is 11.9 Å². The third kappa shape index (κ3) is 5.59. The minimum atomic E-state index is -1.12. The number of carboxylic acid groups (broad SMARTS) is 1. The first-order valence-corrected chi connectivity index (χ1v) is 15.3. The van der Waals surface area contributed by atoms with E-state index in [1.165, 1.54) is 56.9 Å². The van der Waals surface area contributed by atoms with Crippen LogP contribution >= 0.6 is 0 Å². The first kappa shape index (κ1) is 28.4. The Balaban J connectivity index is 1.42. The molecule has 0 radical (unpaired) electrons. The van der Waals surface area contributed by atoms with Gasteiger partial charge in [-0.15, -0.1) is 0 Å². The highest BCUT2D eigenvalue weighted by atomic mass is 16.5. The van der Waals surface area contributed by atoms with Gasteiger partial charge in [-0.25, -0.2) is 9.59 Å². The molecule has 0 amide bonds. The van der Waals surface area contributed by atoms with Gasteiger partial charge in [-0.05, 0) is 104 Å². The van der Waals surface area contributed by atoms with Crippen molar-refractivity contribution in [1.29, 1.82) is 0 Å². The molecule has 4 heteroatoms. The summed E-state index contributed by atoms with van der Waals surface area (Å²) in [5, 5.41) is 8.77. The first-order valence-electron chi connectivity index (χ1n) is 15.3. The summed E-state index contributed by atoms with van der Waals surface area (Å²) >= 11 is 0. The molecule has 0 heterocycles. The van der Waals surface area contributed by atoms with E-state index in [0.29, 0.717) is 5.41 Å². The Morgan fingerprint density at radius 1 is 1.05 bits per heavy atom. The topological polar surface area (TPSA) is 63.6 Å². The number of carbonyl (C=O) groups excluding carboxylic acids is 1. The van der Waals surface area contributed by atoms with Crippen LogP contribution in [0, 0.1) is 52.3 Å². The normalized spacial score (nSPS) is 38.9. The molecule has 4 nitrogen and oxygen atoms in total. The van der Waals surface area contributed by atoms with E-state index in [1.54, 1.807) is 0 Å². The van der Waals surface area contributed by atoms with Crippen molar-refractivity contribution >= 4 is 11.9 Å². The van der Waals surface area contributed by atoms with Crippen LogP contribution in [0.4, 0.5) is 0 Å². The van der Waals surface area contributed by atoms with Gasteiger partial charge in [0.05, 0.1) is 0 Å². The van der Waals surface area contributed by atoms with E-state index in [1.807, 2.05) is 0 Å². The highest BCUT2D eigenvalue weighted by Crippen LogP contribution is 2.67. The summed E-state index contributed by atoms with van der Waals surface area (Å²) in [6, 6.07) is 0. The number of aliphatic carboxylic acids is 1. The van der Waals surface area contributed by atoms with Crippen LogP contribution in [0.25, 0.3) is 0 Å². The predicted molar refractivity (Wildman–Crippen MR) is 149 cm³/mol. The second-order valence-electron chi connectivity index (χ2n) is 13.9. The van der Waals surface area contributed by atoms with Gasteiger partial charge in [-0.2, -0.15) is 0 Å². The summed E-state index contributed by atoms with van der Waals surface area (Å²) in [5.74, 6) is 4.08. The largest absolute Gasteiger partial charge is 0.478 e. The molecule has 4 aliphatic rings. The maximum atomic E-state index is 12.1. The molecule has 0 spiro atoms. The van der Waals surface area contributed by atoms with Crippen molar-refractivity contribution in [3.05, 3.63) is 23.8 Å². The number of allylic oxidation sites excluding steroid dienone is 1. The minimum Gasteiger partial charge on any atom is -0.478 e. The van der Waals surface area contributed by atoms with Crippen LogP contribution < -0.4 is 0 Å². The van der Waals surface area contributed by atoms with Crippen LogP contribution in [-0.2, 0) is 14.3 Å². The van der Waals surface area contributed by atoms with Crippen molar-refractivity contribution in [3.63, 3.8) is 0 Å². The standard InChI is InChI=1S/C33H52O4/c1-7-23(21(2)3)9-8-22(4)27-12-13-28-26-11-10-24-20-25(37-31(36)15-14-30(34)35)16-18-32(24,5)29(26)17-19-33(27,28)6/h10,14-15,21-23,25-29H,7-9,11-13,16-20H2,1-6H3,(H,34,35)/b15-14-/t22-,23-,25+,26+,27-,28+,29+,32+,33-/m1/s1. The molecule has 0 aliphatic heterocycles. The number of esters is 1. The lowest BCUT2D eigenvalue weighted by Gasteiger charge is -2.58. The predicted octanol–water partition coefficient (Wildman–Crippen LogP) is 8.22. The van der Waals surface area contributed by atoms with Crippen LogP contribution in [0.2, 0.25) is 0 Å². The van der Waals surface area contributed by atoms with Crippen LogP contribution in [0.15, 0.2) is 23.8 Å². The van der Waals surface area contributed by atoms with Crippen molar-refractivity contribution in [1.82, 2.24) is 0 Å². The van der Waals surface area contributed by atoms with Crippen LogP contribution in [0.3, 0.4) is 0 Å². The van der Waals surface area contributed by atoms with Crippen molar-refractivity contribution in [3.8, 4) is 0 Å². The Hall–Kier alpha value is -1.58. The maximum absolute atomic E-state index is 12.1. The Bertz CT molecular complexity index is 902. The van der Waals surface area contributed by atoms with Crippen molar-refractivity contribution in [2.24, 2.45) is 52.3 Å². The third-order valence-corrected chi connectivity index (χ3v) is 11.9. The number of ether oxygens (including phenoxy) is 1. The summed E-state index contributed by atoms with van der Waals surface area (Å²) in [6.45, 7) is 14.9. The quantitative estimate of drug-likeness (QED) is 0.192. The van der Waals surface area contributed by atoms with Gasteiger partial charge in [0.25, 0.3) is 0 Å². The molecule has 0 aromatic carbocycles. The molecule has 0 saturated heterocycles. The lowest BCUT2D eigenvalue weighted by Crippen LogP contribution is -2.51. The molecule has 4 rings (SSSR count). The Morgan fingerprint density at radius 3 is 2.49 bits per heavy atom. The Labute approximate surface area is 225 Å². The summed E-state index contributed by atoms with van der Waals surface area (Å²) in [6.07, 6.45) is 17.8. The fraction of sp³-hybridized carbons (Fsp3) is 0.818.